The molecule has 0 radical (unpaired) electrons. The van der Waals surface area contributed by atoms with Crippen LogP contribution < -0.4 is 21.5 Å². The number of hydrogen-bond acceptors (Lipinski definition) is 6. The van der Waals surface area contributed by atoms with Gasteiger partial charge < -0.3 is 16.0 Å². The third kappa shape index (κ3) is 4.35. The van der Waals surface area contributed by atoms with Crippen LogP contribution in [0.1, 0.15) is 37.3 Å². The van der Waals surface area contributed by atoms with Crippen LogP contribution in [0.25, 0.3) is 16.6 Å². The second-order valence-electron chi connectivity index (χ2n) is 9.62. The third-order valence-electron chi connectivity index (χ3n) is 6.66. The van der Waals surface area contributed by atoms with Crippen LogP contribution in [0.4, 0.5) is 20.2 Å². The van der Waals surface area contributed by atoms with Gasteiger partial charge in [-0.2, -0.15) is 14.9 Å². The van der Waals surface area contributed by atoms with Crippen molar-refractivity contribution in [3.63, 3.8) is 0 Å². The van der Waals surface area contributed by atoms with Crippen LogP contribution in [0.15, 0.2) is 53.5 Å². The van der Waals surface area contributed by atoms with Crippen LogP contribution in [-0.2, 0) is 0 Å². The average molecular weight is 508 g/mol. The summed E-state index contributed by atoms with van der Waals surface area (Å²) in [6, 6.07) is 9.25. The molecule has 0 unspecified atom stereocenters. The Morgan fingerprint density at radius 2 is 1.81 bits per heavy atom. The molecule has 1 fully saturated rings. The molecule has 2 atom stereocenters. The van der Waals surface area contributed by atoms with E-state index < -0.39 is 28.8 Å². The van der Waals surface area contributed by atoms with Crippen molar-refractivity contribution in [1.82, 2.24) is 19.6 Å². The lowest BCUT2D eigenvalue weighted by atomic mass is 10.1. The summed E-state index contributed by atoms with van der Waals surface area (Å²) in [7, 11) is 0. The molecule has 1 amide bonds. The summed E-state index contributed by atoms with van der Waals surface area (Å²) >= 11 is 0. The van der Waals surface area contributed by atoms with E-state index in [-0.39, 0.29) is 23.7 Å². The molecular weight excluding hydrogens is 480 g/mol. The van der Waals surface area contributed by atoms with Gasteiger partial charge in [0.1, 0.15) is 11.4 Å². The Morgan fingerprint density at radius 3 is 2.46 bits per heavy atom. The van der Waals surface area contributed by atoms with Gasteiger partial charge in [0.15, 0.2) is 11.6 Å². The molecule has 0 aliphatic carbocycles. The van der Waals surface area contributed by atoms with Gasteiger partial charge in [0, 0.05) is 36.6 Å². The highest BCUT2D eigenvalue weighted by Gasteiger charge is 2.30. The van der Waals surface area contributed by atoms with Crippen LogP contribution in [0, 0.1) is 17.6 Å². The fourth-order valence-corrected chi connectivity index (χ4v) is 4.70. The number of hydrogen-bond donors (Lipinski definition) is 2. The number of anilines is 2. The first-order chi connectivity index (χ1) is 17.7. The van der Waals surface area contributed by atoms with Crippen molar-refractivity contribution in [2.24, 2.45) is 11.7 Å². The highest BCUT2D eigenvalue weighted by Crippen LogP contribution is 2.38. The largest absolute Gasteiger partial charge is 0.367 e. The zero-order valence-corrected chi connectivity index (χ0v) is 20.7. The van der Waals surface area contributed by atoms with Gasteiger partial charge in [0.05, 0.1) is 23.1 Å². The van der Waals surface area contributed by atoms with Gasteiger partial charge in [-0.1, -0.05) is 13.0 Å². The van der Waals surface area contributed by atoms with E-state index in [1.54, 1.807) is 12.3 Å². The molecule has 3 heterocycles. The molecular formula is C26H27F2N7O2. The lowest BCUT2D eigenvalue weighted by Gasteiger charge is -2.23. The lowest BCUT2D eigenvalue weighted by Crippen LogP contribution is -2.29. The Hall–Kier alpha value is -4.12. The minimum absolute atomic E-state index is 0.0279. The smallest absolute Gasteiger partial charge is 0.276 e. The molecule has 0 saturated carbocycles. The topological polar surface area (TPSA) is 111 Å². The monoisotopic (exact) mass is 507 g/mol. The molecule has 4 aromatic rings. The quantitative estimate of drug-likeness (QED) is 0.428. The van der Waals surface area contributed by atoms with Crippen molar-refractivity contribution in [2.75, 3.05) is 23.3 Å². The predicted octanol–water partition coefficient (Wildman–Crippen LogP) is 3.48. The number of para-hydroxylation sites is 1. The van der Waals surface area contributed by atoms with Crippen molar-refractivity contribution in [1.29, 1.82) is 0 Å². The Labute approximate surface area is 211 Å². The number of fused-ring (bicyclic) bond motifs is 1. The van der Waals surface area contributed by atoms with Crippen molar-refractivity contribution in [3.05, 3.63) is 76.3 Å². The second kappa shape index (κ2) is 9.40. The molecule has 9 nitrogen and oxygen atoms in total. The van der Waals surface area contributed by atoms with Crippen molar-refractivity contribution in [2.45, 2.75) is 32.9 Å². The zero-order chi connectivity index (χ0) is 26.4. The maximum absolute atomic E-state index is 14.3. The van der Waals surface area contributed by atoms with Gasteiger partial charge in [-0.3, -0.25) is 14.3 Å². The van der Waals surface area contributed by atoms with Gasteiger partial charge in [-0.25, -0.2) is 8.78 Å². The molecule has 1 saturated heterocycles. The Bertz CT molecular complexity index is 1530. The molecule has 3 N–H and O–H groups in total. The summed E-state index contributed by atoms with van der Waals surface area (Å²) in [5.74, 6) is -2.33. The molecule has 0 bridgehead atoms. The summed E-state index contributed by atoms with van der Waals surface area (Å²) in [5, 5.41) is 12.2. The Balaban J connectivity index is 1.56. The van der Waals surface area contributed by atoms with Crippen LogP contribution in [0.5, 0.6) is 0 Å². The van der Waals surface area contributed by atoms with Crippen LogP contribution in [0.2, 0.25) is 0 Å². The highest BCUT2D eigenvalue weighted by atomic mass is 19.1. The van der Waals surface area contributed by atoms with Crippen molar-refractivity contribution >= 4 is 28.2 Å². The van der Waals surface area contributed by atoms with E-state index in [1.807, 2.05) is 24.6 Å². The van der Waals surface area contributed by atoms with E-state index in [1.165, 1.54) is 12.1 Å². The van der Waals surface area contributed by atoms with Gasteiger partial charge in [0.25, 0.3) is 11.5 Å². The summed E-state index contributed by atoms with van der Waals surface area (Å²) < 4.78 is 31.1. The maximum Gasteiger partial charge on any atom is 0.276 e. The summed E-state index contributed by atoms with van der Waals surface area (Å²) in [6.45, 7) is 7.45. The number of carbonyl (C=O) groups is 1. The number of nitrogens with two attached hydrogens (primary N) is 1. The van der Waals surface area contributed by atoms with Crippen LogP contribution in [-0.4, -0.2) is 44.6 Å². The number of halogens is 2. The third-order valence-corrected chi connectivity index (χ3v) is 6.66. The average Bonchev–Trinajstić information content (AvgIpc) is 3.42. The number of amides is 1. The van der Waals surface area contributed by atoms with E-state index in [0.29, 0.717) is 23.5 Å². The number of carbonyl (C=O) groups excluding carboxylic acids is 1. The standard InChI is InChI=1S/C26H27F2N7O2/c1-14(2)34-22-9-7-20(24(16(22)11-30-34)33-12-15(3)19(29)13-33)31-26(37)21-8-10-23(36)35(32-21)25-17(27)5-4-6-18(25)28/h4-11,14-15,19H,12-13,29H2,1-3H3,(H,31,37)/t15-,19+/m1/s1. The fraction of sp³-hybridized carbons (Fsp3) is 0.308. The normalized spacial score (nSPS) is 17.6. The summed E-state index contributed by atoms with van der Waals surface area (Å²) in [5.41, 5.74) is 6.91. The molecule has 37 heavy (non-hydrogen) atoms. The second-order valence-corrected chi connectivity index (χ2v) is 9.62. The first-order valence-electron chi connectivity index (χ1n) is 12.0. The van der Waals surface area contributed by atoms with E-state index in [9.17, 15) is 18.4 Å². The molecule has 2 aromatic carbocycles. The Kier molecular flexibility index (Phi) is 6.24. The van der Waals surface area contributed by atoms with Gasteiger partial charge in [-0.05, 0) is 50.1 Å². The van der Waals surface area contributed by atoms with Gasteiger partial charge >= 0.3 is 0 Å². The maximum atomic E-state index is 14.3. The number of nitrogens with zero attached hydrogens (tertiary/aromatic N) is 5. The minimum atomic E-state index is -0.971. The highest BCUT2D eigenvalue weighted by molar-refractivity contribution is 6.09. The molecule has 2 aromatic heterocycles. The predicted molar refractivity (Wildman–Crippen MR) is 137 cm³/mol. The van der Waals surface area contributed by atoms with Gasteiger partial charge in [-0.15, -0.1) is 0 Å². The molecule has 192 valence electrons. The molecule has 1 aliphatic rings. The number of rotatable bonds is 5. The number of benzene rings is 2. The van der Waals surface area contributed by atoms with Crippen LogP contribution >= 0.6 is 0 Å². The molecule has 1 aliphatic heterocycles. The summed E-state index contributed by atoms with van der Waals surface area (Å²) in [4.78, 5) is 27.8. The van der Waals surface area contributed by atoms with E-state index in [0.717, 1.165) is 34.8 Å². The van der Waals surface area contributed by atoms with E-state index in [4.69, 9.17) is 5.73 Å². The minimum Gasteiger partial charge on any atom is -0.367 e. The first-order valence-corrected chi connectivity index (χ1v) is 12.0. The SMILES string of the molecule is CC(C)n1ncc2c(N3C[C@@H](C)[C@@H](N)C3)c(NC(=O)c3ccc(=O)n(-c4c(F)cccc4F)n3)ccc21. The number of aromatic nitrogens is 4. The number of nitrogens with one attached hydrogen (secondary N) is 1. The first kappa shape index (κ1) is 24.6. The van der Waals surface area contributed by atoms with Crippen LogP contribution in [0.3, 0.4) is 0 Å². The van der Waals surface area contributed by atoms with Gasteiger partial charge in [0.2, 0.25) is 0 Å². The molecule has 0 spiro atoms. The fourth-order valence-electron chi connectivity index (χ4n) is 4.70. The van der Waals surface area contributed by atoms with E-state index in [2.05, 4.69) is 27.3 Å². The molecule has 11 heteroatoms. The Morgan fingerprint density at radius 1 is 1.08 bits per heavy atom. The van der Waals surface area contributed by atoms with Crippen molar-refractivity contribution in [3.8, 4) is 5.69 Å². The zero-order valence-electron chi connectivity index (χ0n) is 20.7. The summed E-state index contributed by atoms with van der Waals surface area (Å²) in [6.07, 6.45) is 1.77. The lowest BCUT2D eigenvalue weighted by molar-refractivity contribution is 0.102. The van der Waals surface area contributed by atoms with E-state index >= 15 is 0 Å². The molecule has 5 rings (SSSR count). The van der Waals surface area contributed by atoms with Crippen molar-refractivity contribution < 1.29 is 13.6 Å².